The van der Waals surface area contributed by atoms with Gasteiger partial charge in [0.1, 0.15) is 5.75 Å². The van der Waals surface area contributed by atoms with Gasteiger partial charge in [-0.25, -0.2) is 0 Å². The first kappa shape index (κ1) is 14.5. The van der Waals surface area contributed by atoms with Crippen molar-refractivity contribution in [1.29, 1.82) is 0 Å². The molecule has 1 heterocycles. The van der Waals surface area contributed by atoms with E-state index in [2.05, 4.69) is 25.2 Å². The first-order chi connectivity index (χ1) is 9.04. The van der Waals surface area contributed by atoms with Crippen LogP contribution in [0.5, 0.6) is 5.75 Å². The molecule has 2 rings (SSSR count). The molecule has 19 heavy (non-hydrogen) atoms. The van der Waals surface area contributed by atoms with Crippen molar-refractivity contribution >= 4 is 17.4 Å². The van der Waals surface area contributed by atoms with Crippen molar-refractivity contribution in [1.82, 2.24) is 0 Å². The Hall–Kier alpha value is -0.870. The summed E-state index contributed by atoms with van der Waals surface area (Å²) in [6.45, 7) is 5.25. The third kappa shape index (κ3) is 2.70. The maximum absolute atomic E-state index is 6.14. The van der Waals surface area contributed by atoms with Crippen molar-refractivity contribution in [3.05, 3.63) is 24.3 Å². The Bertz CT molecular complexity index is 436. The van der Waals surface area contributed by atoms with Crippen molar-refractivity contribution in [2.75, 3.05) is 30.5 Å². The number of nitrogens with two attached hydrogens (primary N) is 1. The van der Waals surface area contributed by atoms with Crippen molar-refractivity contribution in [3.63, 3.8) is 0 Å². The van der Waals surface area contributed by atoms with E-state index >= 15 is 0 Å². The van der Waals surface area contributed by atoms with Crippen molar-refractivity contribution in [3.8, 4) is 5.75 Å². The first-order valence-electron chi connectivity index (χ1n) is 6.74. The molecule has 3 N–H and O–H groups in total. The van der Waals surface area contributed by atoms with E-state index in [0.717, 1.165) is 17.2 Å². The summed E-state index contributed by atoms with van der Waals surface area (Å²) in [5.74, 6) is 3.12. The van der Waals surface area contributed by atoms with Gasteiger partial charge in [-0.1, -0.05) is 26.0 Å². The molecule has 0 aliphatic carbocycles. The molecule has 106 valence electrons. The smallest absolute Gasteiger partial charge is 0.141 e. The van der Waals surface area contributed by atoms with Gasteiger partial charge in [-0.05, 0) is 29.7 Å². The fourth-order valence-electron chi connectivity index (χ4n) is 2.61. The second-order valence-corrected chi connectivity index (χ2v) is 6.90. The predicted molar refractivity (Wildman–Crippen MR) is 84.1 cm³/mol. The quantitative estimate of drug-likeness (QED) is 0.890. The lowest BCUT2D eigenvalue weighted by Gasteiger charge is -2.50. The molecule has 1 aliphatic heterocycles. The van der Waals surface area contributed by atoms with E-state index in [9.17, 15) is 0 Å². The minimum Gasteiger partial charge on any atom is -0.495 e. The highest BCUT2D eigenvalue weighted by atomic mass is 32.2. The SMILES string of the molecule is COc1ccccc1NC1(CN)CSCCC1(C)C. The zero-order chi connectivity index (χ0) is 13.9. The van der Waals surface area contributed by atoms with E-state index in [1.165, 1.54) is 12.2 Å². The van der Waals surface area contributed by atoms with E-state index in [1.807, 2.05) is 30.0 Å². The second kappa shape index (κ2) is 5.63. The summed E-state index contributed by atoms with van der Waals surface area (Å²) in [6.07, 6.45) is 1.18. The van der Waals surface area contributed by atoms with Gasteiger partial charge in [-0.15, -0.1) is 0 Å². The molecule has 1 unspecified atom stereocenters. The average molecular weight is 280 g/mol. The molecule has 1 atom stereocenters. The molecule has 0 bridgehead atoms. The van der Waals surface area contributed by atoms with Gasteiger partial charge in [0.05, 0.1) is 18.3 Å². The summed E-state index contributed by atoms with van der Waals surface area (Å²) < 4.78 is 5.43. The Morgan fingerprint density at radius 2 is 2.11 bits per heavy atom. The summed E-state index contributed by atoms with van der Waals surface area (Å²) in [4.78, 5) is 0. The Morgan fingerprint density at radius 1 is 1.37 bits per heavy atom. The summed E-state index contributed by atoms with van der Waals surface area (Å²) in [7, 11) is 1.70. The van der Waals surface area contributed by atoms with Gasteiger partial charge in [0, 0.05) is 12.3 Å². The highest BCUT2D eigenvalue weighted by Crippen LogP contribution is 2.44. The van der Waals surface area contributed by atoms with E-state index < -0.39 is 0 Å². The molecule has 1 saturated heterocycles. The highest BCUT2D eigenvalue weighted by Gasteiger charge is 2.46. The number of hydrogen-bond acceptors (Lipinski definition) is 4. The molecular weight excluding hydrogens is 256 g/mol. The highest BCUT2D eigenvalue weighted by molar-refractivity contribution is 7.99. The lowest BCUT2D eigenvalue weighted by molar-refractivity contribution is 0.202. The zero-order valence-electron chi connectivity index (χ0n) is 12.0. The third-order valence-electron chi connectivity index (χ3n) is 4.34. The van der Waals surface area contributed by atoms with Crippen LogP contribution in [0.25, 0.3) is 0 Å². The lowest BCUT2D eigenvalue weighted by atomic mass is 9.70. The van der Waals surface area contributed by atoms with Gasteiger partial charge in [0.2, 0.25) is 0 Å². The monoisotopic (exact) mass is 280 g/mol. The van der Waals surface area contributed by atoms with Crippen LogP contribution in [0, 0.1) is 5.41 Å². The predicted octanol–water partition coefficient (Wildman–Crippen LogP) is 2.97. The van der Waals surface area contributed by atoms with E-state index in [-0.39, 0.29) is 11.0 Å². The molecule has 1 aliphatic rings. The van der Waals surface area contributed by atoms with Crippen molar-refractivity contribution in [2.24, 2.45) is 11.1 Å². The van der Waals surface area contributed by atoms with Gasteiger partial charge >= 0.3 is 0 Å². The van der Waals surface area contributed by atoms with Gasteiger partial charge in [0.15, 0.2) is 0 Å². The molecule has 0 spiro atoms. The van der Waals surface area contributed by atoms with Crippen LogP contribution < -0.4 is 15.8 Å². The Labute approximate surface area is 120 Å². The van der Waals surface area contributed by atoms with Crippen LogP contribution in [0.2, 0.25) is 0 Å². The minimum atomic E-state index is -0.0788. The molecule has 4 heteroatoms. The van der Waals surface area contributed by atoms with Crippen LogP contribution in [0.1, 0.15) is 20.3 Å². The third-order valence-corrected chi connectivity index (χ3v) is 5.53. The molecule has 1 aromatic carbocycles. The van der Waals surface area contributed by atoms with E-state index in [0.29, 0.717) is 6.54 Å². The normalized spacial score (nSPS) is 25.9. The van der Waals surface area contributed by atoms with Gasteiger partial charge < -0.3 is 15.8 Å². The fourth-order valence-corrected chi connectivity index (χ4v) is 4.33. The van der Waals surface area contributed by atoms with Crippen LogP contribution in [0.15, 0.2) is 24.3 Å². The number of thioether (sulfide) groups is 1. The minimum absolute atomic E-state index is 0.0788. The number of methoxy groups -OCH3 is 1. The van der Waals surface area contributed by atoms with Gasteiger partial charge in [-0.3, -0.25) is 0 Å². The van der Waals surface area contributed by atoms with E-state index in [1.54, 1.807) is 7.11 Å². The zero-order valence-corrected chi connectivity index (χ0v) is 12.8. The molecule has 0 saturated carbocycles. The number of benzene rings is 1. The lowest BCUT2D eigenvalue weighted by Crippen LogP contribution is -2.60. The Kier molecular flexibility index (Phi) is 4.31. The maximum atomic E-state index is 6.14. The van der Waals surface area contributed by atoms with Gasteiger partial charge in [-0.2, -0.15) is 11.8 Å². The fraction of sp³-hybridized carbons (Fsp3) is 0.600. The Balaban J connectivity index is 2.32. The summed E-state index contributed by atoms with van der Waals surface area (Å²) in [5, 5.41) is 3.68. The first-order valence-corrected chi connectivity index (χ1v) is 7.89. The molecule has 1 fully saturated rings. The van der Waals surface area contributed by atoms with Crippen molar-refractivity contribution < 1.29 is 4.74 Å². The van der Waals surface area contributed by atoms with Crippen molar-refractivity contribution in [2.45, 2.75) is 25.8 Å². The number of anilines is 1. The van der Waals surface area contributed by atoms with Crippen LogP contribution in [-0.2, 0) is 0 Å². The van der Waals surface area contributed by atoms with Gasteiger partial charge in [0.25, 0.3) is 0 Å². The topological polar surface area (TPSA) is 47.3 Å². The summed E-state index contributed by atoms with van der Waals surface area (Å²) in [6, 6.07) is 8.05. The molecule has 3 nitrogen and oxygen atoms in total. The number of para-hydroxylation sites is 2. The molecule has 0 radical (unpaired) electrons. The summed E-state index contributed by atoms with van der Waals surface area (Å²) in [5.41, 5.74) is 7.27. The largest absolute Gasteiger partial charge is 0.495 e. The van der Waals surface area contributed by atoms with Crippen LogP contribution >= 0.6 is 11.8 Å². The molecule has 1 aromatic rings. The second-order valence-electron chi connectivity index (χ2n) is 5.80. The average Bonchev–Trinajstić information content (AvgIpc) is 2.41. The van der Waals surface area contributed by atoms with Crippen LogP contribution in [0.3, 0.4) is 0 Å². The number of ether oxygens (including phenoxy) is 1. The van der Waals surface area contributed by atoms with E-state index in [4.69, 9.17) is 10.5 Å². The summed E-state index contributed by atoms with van der Waals surface area (Å²) >= 11 is 1.98. The standard InChI is InChI=1S/C15H24N2OS/c1-14(2)8-9-19-11-15(14,10-16)17-12-6-4-5-7-13(12)18-3/h4-7,17H,8-11,16H2,1-3H3. The molecule has 0 aromatic heterocycles. The van der Waals surface area contributed by atoms with Crippen LogP contribution in [-0.4, -0.2) is 30.7 Å². The van der Waals surface area contributed by atoms with Crippen LogP contribution in [0.4, 0.5) is 5.69 Å². The Morgan fingerprint density at radius 3 is 2.74 bits per heavy atom. The number of hydrogen-bond donors (Lipinski definition) is 2. The maximum Gasteiger partial charge on any atom is 0.141 e. The number of rotatable bonds is 4. The molecule has 0 amide bonds. The molecular formula is C15H24N2OS. The number of nitrogens with one attached hydrogen (secondary N) is 1.